The Morgan fingerprint density at radius 1 is 1.20 bits per heavy atom. The normalized spacial score (nSPS) is 17.8. The van der Waals surface area contributed by atoms with E-state index in [4.69, 9.17) is 11.6 Å². The Balaban J connectivity index is 1.70. The molecule has 3 heterocycles. The first-order valence-corrected chi connectivity index (χ1v) is 9.62. The monoisotopic (exact) mass is 374 g/mol. The van der Waals surface area contributed by atoms with Gasteiger partial charge >= 0.3 is 0 Å². The molecule has 4 nitrogen and oxygen atoms in total. The summed E-state index contributed by atoms with van der Waals surface area (Å²) in [5.74, 6) is -0.251. The van der Waals surface area contributed by atoms with Crippen LogP contribution in [0.3, 0.4) is 0 Å². The van der Waals surface area contributed by atoms with Gasteiger partial charge in [-0.1, -0.05) is 29.8 Å². The van der Waals surface area contributed by atoms with Gasteiger partial charge in [-0.3, -0.25) is 9.69 Å². The van der Waals surface area contributed by atoms with Crippen LogP contribution in [0.2, 0.25) is 4.34 Å². The van der Waals surface area contributed by atoms with E-state index in [9.17, 15) is 9.90 Å². The largest absolute Gasteiger partial charge is 0.383 e. The summed E-state index contributed by atoms with van der Waals surface area (Å²) in [5.41, 5.74) is 1.44. The number of nitrogens with zero attached hydrogens (tertiary/aromatic N) is 1. The second kappa shape index (κ2) is 6.92. The number of carbonyl (C=O) groups is 1. The number of nitrogens with one attached hydrogen (secondary N) is 1. The molecule has 2 N–H and O–H groups in total. The second-order valence-electron chi connectivity index (χ2n) is 6.39. The van der Waals surface area contributed by atoms with Gasteiger partial charge in [0, 0.05) is 27.5 Å². The van der Waals surface area contributed by atoms with Crippen LogP contribution >= 0.6 is 22.9 Å². The number of aromatic amines is 1. The number of aliphatic hydroxyl groups excluding tert-OH is 1. The molecule has 25 heavy (non-hydrogen) atoms. The first-order valence-electron chi connectivity index (χ1n) is 8.43. The molecule has 0 spiro atoms. The van der Waals surface area contributed by atoms with Gasteiger partial charge in [-0.25, -0.2) is 0 Å². The molecule has 3 aromatic rings. The average Bonchev–Trinajstić information content (AvgIpc) is 3.35. The lowest BCUT2D eigenvalue weighted by molar-refractivity contribution is 0.0457. The zero-order chi connectivity index (χ0) is 17.4. The zero-order valence-corrected chi connectivity index (χ0v) is 15.2. The Morgan fingerprint density at radius 2 is 1.96 bits per heavy atom. The number of thiophene rings is 1. The van der Waals surface area contributed by atoms with Crippen molar-refractivity contribution < 1.29 is 9.90 Å². The number of para-hydroxylation sites is 1. The van der Waals surface area contributed by atoms with E-state index in [-0.39, 0.29) is 11.8 Å². The number of benzene rings is 1. The van der Waals surface area contributed by atoms with Gasteiger partial charge in [-0.05, 0) is 44.1 Å². The highest BCUT2D eigenvalue weighted by atomic mass is 35.5. The van der Waals surface area contributed by atoms with Gasteiger partial charge in [0.05, 0.1) is 10.4 Å². The lowest BCUT2D eigenvalue weighted by Gasteiger charge is -2.30. The molecule has 2 unspecified atom stereocenters. The van der Waals surface area contributed by atoms with E-state index in [2.05, 4.69) is 9.88 Å². The Labute approximate surface area is 155 Å². The highest BCUT2D eigenvalue weighted by molar-refractivity contribution is 7.16. The molecule has 0 radical (unpaired) electrons. The van der Waals surface area contributed by atoms with Gasteiger partial charge in [0.15, 0.2) is 5.78 Å². The molecule has 130 valence electrons. The summed E-state index contributed by atoms with van der Waals surface area (Å²) >= 11 is 7.53. The van der Waals surface area contributed by atoms with Crippen molar-refractivity contribution in [1.82, 2.24) is 9.88 Å². The van der Waals surface area contributed by atoms with Crippen LogP contribution < -0.4 is 0 Å². The van der Waals surface area contributed by atoms with Gasteiger partial charge in [0.2, 0.25) is 0 Å². The van der Waals surface area contributed by atoms with E-state index in [0.29, 0.717) is 9.90 Å². The third kappa shape index (κ3) is 3.13. The van der Waals surface area contributed by atoms with Crippen molar-refractivity contribution in [1.29, 1.82) is 0 Å². The van der Waals surface area contributed by atoms with Crippen molar-refractivity contribution in [3.8, 4) is 0 Å². The number of H-pyrrole nitrogens is 1. The summed E-state index contributed by atoms with van der Waals surface area (Å²) in [7, 11) is 0. The third-order valence-electron chi connectivity index (χ3n) is 4.84. The fourth-order valence-electron chi connectivity index (χ4n) is 3.62. The number of rotatable bonds is 5. The van der Waals surface area contributed by atoms with Crippen LogP contribution in [0.4, 0.5) is 0 Å². The SMILES string of the molecule is O=C(c1c[nH]c2ccccc12)C(O)C(c1ccc(Cl)s1)N1CCCC1. The molecule has 1 aliphatic heterocycles. The average molecular weight is 375 g/mol. The third-order valence-corrected chi connectivity index (χ3v) is 6.14. The van der Waals surface area contributed by atoms with Gasteiger partial charge in [0.1, 0.15) is 6.10 Å². The molecule has 2 aromatic heterocycles. The Morgan fingerprint density at radius 3 is 2.68 bits per heavy atom. The number of carbonyl (C=O) groups excluding carboxylic acids is 1. The van der Waals surface area contributed by atoms with Crippen LogP contribution in [-0.2, 0) is 0 Å². The number of likely N-dealkylation sites (tertiary alicyclic amines) is 1. The maximum Gasteiger partial charge on any atom is 0.195 e. The minimum Gasteiger partial charge on any atom is -0.383 e. The Hall–Kier alpha value is -1.66. The molecule has 1 aromatic carbocycles. The van der Waals surface area contributed by atoms with Crippen LogP contribution in [0.25, 0.3) is 10.9 Å². The fourth-order valence-corrected chi connectivity index (χ4v) is 4.85. The van der Waals surface area contributed by atoms with Crippen molar-refractivity contribution in [2.24, 2.45) is 0 Å². The van der Waals surface area contributed by atoms with Crippen LogP contribution in [0.15, 0.2) is 42.6 Å². The first-order chi connectivity index (χ1) is 12.1. The first kappa shape index (κ1) is 16.8. The van der Waals surface area contributed by atoms with Crippen LogP contribution in [0, 0.1) is 0 Å². The van der Waals surface area contributed by atoms with E-state index in [1.807, 2.05) is 36.4 Å². The molecule has 0 amide bonds. The Kier molecular flexibility index (Phi) is 4.65. The lowest BCUT2D eigenvalue weighted by atomic mass is 9.98. The van der Waals surface area contributed by atoms with Gasteiger partial charge in [-0.2, -0.15) is 0 Å². The predicted octanol–water partition coefficient (Wildman–Crippen LogP) is 4.26. The maximum atomic E-state index is 13.1. The summed E-state index contributed by atoms with van der Waals surface area (Å²) in [6.07, 6.45) is 2.75. The predicted molar refractivity (Wildman–Crippen MR) is 102 cm³/mol. The molecule has 0 aliphatic carbocycles. The van der Waals surface area contributed by atoms with Gasteiger partial charge in [0.25, 0.3) is 0 Å². The molecular weight excluding hydrogens is 356 g/mol. The highest BCUT2D eigenvalue weighted by Gasteiger charge is 2.36. The van der Waals surface area contributed by atoms with E-state index < -0.39 is 6.10 Å². The van der Waals surface area contributed by atoms with Crippen molar-refractivity contribution in [3.05, 3.63) is 57.4 Å². The summed E-state index contributed by atoms with van der Waals surface area (Å²) in [6.45, 7) is 1.77. The second-order valence-corrected chi connectivity index (χ2v) is 8.13. The minimum absolute atomic E-state index is 0.251. The smallest absolute Gasteiger partial charge is 0.195 e. The molecule has 2 atom stereocenters. The number of aliphatic hydroxyl groups is 1. The summed E-state index contributed by atoms with van der Waals surface area (Å²) in [6, 6.07) is 11.0. The van der Waals surface area contributed by atoms with Crippen molar-refractivity contribution in [2.75, 3.05) is 13.1 Å². The molecule has 0 bridgehead atoms. The quantitative estimate of drug-likeness (QED) is 0.656. The molecule has 6 heteroatoms. The van der Waals surface area contributed by atoms with Gasteiger partial charge < -0.3 is 10.1 Å². The number of ketones is 1. The van der Waals surface area contributed by atoms with Crippen molar-refractivity contribution in [3.63, 3.8) is 0 Å². The van der Waals surface area contributed by atoms with Crippen LogP contribution in [0.1, 0.15) is 34.1 Å². The number of halogens is 1. The standard InChI is InChI=1S/C19H19ClN2O2S/c20-16-8-7-15(25-16)17(22-9-3-4-10-22)19(24)18(23)13-11-21-14-6-2-1-5-12(13)14/h1-2,5-8,11,17,19,21,24H,3-4,9-10H2. The number of hydrogen-bond acceptors (Lipinski definition) is 4. The topological polar surface area (TPSA) is 56.3 Å². The maximum absolute atomic E-state index is 13.1. The van der Waals surface area contributed by atoms with Gasteiger partial charge in [-0.15, -0.1) is 11.3 Å². The van der Waals surface area contributed by atoms with E-state index in [1.165, 1.54) is 11.3 Å². The summed E-state index contributed by atoms with van der Waals surface area (Å²) in [4.78, 5) is 19.3. The highest BCUT2D eigenvalue weighted by Crippen LogP contribution is 2.36. The van der Waals surface area contributed by atoms with Crippen molar-refractivity contribution >= 4 is 39.6 Å². The van der Waals surface area contributed by atoms with E-state index in [0.717, 1.165) is 41.7 Å². The summed E-state index contributed by atoms with van der Waals surface area (Å²) in [5, 5.41) is 11.8. The van der Waals surface area contributed by atoms with Crippen molar-refractivity contribution in [2.45, 2.75) is 25.0 Å². The van der Waals surface area contributed by atoms with Crippen LogP contribution in [-0.4, -0.2) is 40.0 Å². The summed E-state index contributed by atoms with van der Waals surface area (Å²) < 4.78 is 0.672. The fraction of sp³-hybridized carbons (Fsp3) is 0.316. The molecule has 1 fully saturated rings. The minimum atomic E-state index is -1.12. The molecule has 0 saturated carbocycles. The zero-order valence-electron chi connectivity index (χ0n) is 13.6. The lowest BCUT2D eigenvalue weighted by Crippen LogP contribution is -2.38. The number of Topliss-reactive ketones (excluding diaryl/α,β-unsaturated/α-hetero) is 1. The molecular formula is C19H19ClN2O2S. The van der Waals surface area contributed by atoms with Crippen LogP contribution in [0.5, 0.6) is 0 Å². The number of aromatic nitrogens is 1. The molecule has 1 saturated heterocycles. The number of hydrogen-bond donors (Lipinski definition) is 2. The molecule has 1 aliphatic rings. The number of fused-ring (bicyclic) bond motifs is 1. The van der Waals surface area contributed by atoms with E-state index in [1.54, 1.807) is 6.20 Å². The van der Waals surface area contributed by atoms with E-state index >= 15 is 0 Å². The molecule has 4 rings (SSSR count). The Bertz CT molecular complexity index is 898.